The summed E-state index contributed by atoms with van der Waals surface area (Å²) in [6.07, 6.45) is 0. The molecule has 74 valence electrons. The van der Waals surface area contributed by atoms with E-state index in [0.717, 1.165) is 0 Å². The van der Waals surface area contributed by atoms with Gasteiger partial charge in [-0.25, -0.2) is 13.6 Å². The molecule has 0 radical (unpaired) electrons. The topological polar surface area (TPSA) is 100 Å². The molecule has 8 heteroatoms. The van der Waals surface area contributed by atoms with Crippen molar-refractivity contribution in [2.45, 2.75) is 12.1 Å². The van der Waals surface area contributed by atoms with E-state index < -0.39 is 10.0 Å². The summed E-state index contributed by atoms with van der Waals surface area (Å²) >= 11 is 0. The van der Waals surface area contributed by atoms with Gasteiger partial charge in [0.15, 0.2) is 0 Å². The molecule has 0 saturated heterocycles. The molecule has 0 unspecified atom stereocenters. The summed E-state index contributed by atoms with van der Waals surface area (Å²) in [7, 11) is -2.36. The zero-order valence-electron chi connectivity index (χ0n) is 7.26. The number of aromatic nitrogens is 3. The third-order valence-electron chi connectivity index (χ3n) is 1.32. The van der Waals surface area contributed by atoms with Gasteiger partial charge in [-0.1, -0.05) is 5.10 Å². The second kappa shape index (κ2) is 3.30. The first kappa shape index (κ1) is 9.93. The van der Waals surface area contributed by atoms with Crippen LogP contribution in [0.3, 0.4) is 0 Å². The van der Waals surface area contributed by atoms with E-state index >= 15 is 0 Å². The Morgan fingerprint density at radius 1 is 1.54 bits per heavy atom. The quantitative estimate of drug-likeness (QED) is 0.673. The van der Waals surface area contributed by atoms with E-state index in [9.17, 15) is 8.42 Å². The van der Waals surface area contributed by atoms with Gasteiger partial charge in [-0.05, 0) is 6.92 Å². The van der Waals surface area contributed by atoms with Gasteiger partial charge in [-0.15, -0.1) is 5.10 Å². The number of hydrogen-bond acceptors (Lipinski definition) is 5. The van der Waals surface area contributed by atoms with Gasteiger partial charge in [0.25, 0.3) is 15.2 Å². The monoisotopic (exact) mass is 206 g/mol. The van der Waals surface area contributed by atoms with E-state index in [2.05, 4.69) is 10.2 Å². The number of primary sulfonamides is 1. The summed E-state index contributed by atoms with van der Waals surface area (Å²) in [6, 6.07) is 0.131. The fourth-order valence-electron chi connectivity index (χ4n) is 0.804. The van der Waals surface area contributed by atoms with Crippen LogP contribution >= 0.6 is 0 Å². The Hall–Kier alpha value is -1.15. The highest BCUT2D eigenvalue weighted by Gasteiger charge is 2.18. The third-order valence-corrected chi connectivity index (χ3v) is 2.19. The first-order valence-corrected chi connectivity index (χ1v) is 5.06. The second-order valence-corrected chi connectivity index (χ2v) is 3.76. The Balaban J connectivity index is 3.14. The smallest absolute Gasteiger partial charge is 0.317 e. The number of nitrogens with two attached hydrogens (primary N) is 1. The highest BCUT2D eigenvalue weighted by molar-refractivity contribution is 7.89. The van der Waals surface area contributed by atoms with Crippen LogP contribution in [0.1, 0.15) is 6.92 Å². The van der Waals surface area contributed by atoms with Gasteiger partial charge in [0.2, 0.25) is 0 Å². The molecule has 13 heavy (non-hydrogen) atoms. The van der Waals surface area contributed by atoms with Gasteiger partial charge in [0.1, 0.15) is 0 Å². The fourth-order valence-corrected chi connectivity index (χ4v) is 1.42. The molecule has 0 aromatic carbocycles. The molecule has 0 saturated carbocycles. The van der Waals surface area contributed by atoms with Gasteiger partial charge in [-0.2, -0.15) is 0 Å². The van der Waals surface area contributed by atoms with Crippen LogP contribution in [0.15, 0.2) is 5.16 Å². The van der Waals surface area contributed by atoms with Crippen LogP contribution in [0.25, 0.3) is 0 Å². The Morgan fingerprint density at radius 3 is 2.54 bits per heavy atom. The van der Waals surface area contributed by atoms with Crippen molar-refractivity contribution < 1.29 is 13.2 Å². The van der Waals surface area contributed by atoms with E-state index in [1.165, 1.54) is 11.6 Å². The minimum Gasteiger partial charge on any atom is -0.464 e. The van der Waals surface area contributed by atoms with Crippen molar-refractivity contribution in [3.63, 3.8) is 0 Å². The maximum absolute atomic E-state index is 10.9. The molecule has 0 aliphatic heterocycles. The maximum Gasteiger partial charge on any atom is 0.317 e. The average molecular weight is 206 g/mol. The molecule has 0 aliphatic carbocycles. The van der Waals surface area contributed by atoms with Crippen molar-refractivity contribution in [3.05, 3.63) is 0 Å². The maximum atomic E-state index is 10.9. The zero-order chi connectivity index (χ0) is 10.1. The SMILES string of the molecule is CCOc1nnc(S(N)(=O)=O)n1C. The highest BCUT2D eigenvalue weighted by Crippen LogP contribution is 2.10. The van der Waals surface area contributed by atoms with Gasteiger partial charge >= 0.3 is 6.01 Å². The molecule has 1 heterocycles. The molecule has 0 atom stereocenters. The molecule has 7 nitrogen and oxygen atoms in total. The fraction of sp³-hybridized carbons (Fsp3) is 0.600. The largest absolute Gasteiger partial charge is 0.464 e. The van der Waals surface area contributed by atoms with Crippen molar-refractivity contribution >= 4 is 10.0 Å². The number of rotatable bonds is 3. The van der Waals surface area contributed by atoms with Crippen LogP contribution in [0.4, 0.5) is 0 Å². The van der Waals surface area contributed by atoms with Crippen LogP contribution in [0, 0.1) is 0 Å². The molecule has 0 aliphatic rings. The van der Waals surface area contributed by atoms with Gasteiger partial charge in [0.05, 0.1) is 6.61 Å². The van der Waals surface area contributed by atoms with Crippen molar-refractivity contribution in [1.29, 1.82) is 0 Å². The number of ether oxygens (including phenoxy) is 1. The number of nitrogens with zero attached hydrogens (tertiary/aromatic N) is 3. The lowest BCUT2D eigenvalue weighted by molar-refractivity contribution is 0.298. The van der Waals surface area contributed by atoms with Crippen LogP contribution < -0.4 is 9.88 Å². The Morgan fingerprint density at radius 2 is 2.15 bits per heavy atom. The summed E-state index contributed by atoms with van der Waals surface area (Å²) in [5.41, 5.74) is 0. The molecule has 2 N–H and O–H groups in total. The molecule has 0 fully saturated rings. The Labute approximate surface area is 75.6 Å². The van der Waals surface area contributed by atoms with E-state index in [0.29, 0.717) is 6.61 Å². The first-order chi connectivity index (χ1) is 5.96. The molecule has 0 spiro atoms. The van der Waals surface area contributed by atoms with Crippen LogP contribution in [-0.4, -0.2) is 29.8 Å². The molecule has 1 rings (SSSR count). The molecule has 1 aromatic rings. The summed E-state index contributed by atoms with van der Waals surface area (Å²) in [6.45, 7) is 2.14. The van der Waals surface area contributed by atoms with Crippen LogP contribution in [0.5, 0.6) is 6.01 Å². The molecule has 0 bridgehead atoms. The lowest BCUT2D eigenvalue weighted by Gasteiger charge is -2.01. The van der Waals surface area contributed by atoms with Gasteiger partial charge < -0.3 is 4.74 Å². The third kappa shape index (κ3) is 1.95. The predicted molar refractivity (Wildman–Crippen MR) is 43.5 cm³/mol. The van der Waals surface area contributed by atoms with E-state index in [-0.39, 0.29) is 11.2 Å². The minimum atomic E-state index is -3.82. The highest BCUT2D eigenvalue weighted by atomic mass is 32.2. The van der Waals surface area contributed by atoms with E-state index in [1.807, 2.05) is 0 Å². The zero-order valence-corrected chi connectivity index (χ0v) is 8.08. The van der Waals surface area contributed by atoms with Crippen LogP contribution in [-0.2, 0) is 17.1 Å². The summed E-state index contributed by atoms with van der Waals surface area (Å²) in [4.78, 5) is 0. The summed E-state index contributed by atoms with van der Waals surface area (Å²) in [5.74, 6) is 0. The average Bonchev–Trinajstić information content (AvgIpc) is 2.32. The van der Waals surface area contributed by atoms with Gasteiger partial charge in [0, 0.05) is 7.05 Å². The molecular weight excluding hydrogens is 196 g/mol. The molecule has 1 aromatic heterocycles. The van der Waals surface area contributed by atoms with Crippen molar-refractivity contribution in [2.75, 3.05) is 6.61 Å². The summed E-state index contributed by atoms with van der Waals surface area (Å²) in [5, 5.41) is 11.4. The van der Waals surface area contributed by atoms with Crippen molar-refractivity contribution in [3.8, 4) is 6.01 Å². The van der Waals surface area contributed by atoms with Crippen molar-refractivity contribution in [2.24, 2.45) is 12.2 Å². The van der Waals surface area contributed by atoms with E-state index in [4.69, 9.17) is 9.88 Å². The second-order valence-electron chi connectivity index (χ2n) is 2.30. The lowest BCUT2D eigenvalue weighted by atomic mass is 10.9. The number of hydrogen-bond donors (Lipinski definition) is 1. The normalized spacial score (nSPS) is 11.6. The van der Waals surface area contributed by atoms with Gasteiger partial charge in [-0.3, -0.25) is 4.57 Å². The first-order valence-electron chi connectivity index (χ1n) is 3.51. The summed E-state index contributed by atoms with van der Waals surface area (Å²) < 4.78 is 27.9. The van der Waals surface area contributed by atoms with Crippen LogP contribution in [0.2, 0.25) is 0 Å². The lowest BCUT2D eigenvalue weighted by Crippen LogP contribution is -2.17. The predicted octanol–water partition coefficient (Wildman–Crippen LogP) is -1.14. The minimum absolute atomic E-state index is 0.131. The Kier molecular flexibility index (Phi) is 2.52. The molecule has 0 amide bonds. The standard InChI is InChI=1S/C5H10N4O3S/c1-3-12-4-7-8-5(9(4)2)13(6,10)11/h3H2,1-2H3,(H2,6,10,11). The number of sulfonamides is 1. The molecular formula is C5H10N4O3S. The Bertz CT molecular complexity index is 396. The van der Waals surface area contributed by atoms with Crippen molar-refractivity contribution in [1.82, 2.24) is 14.8 Å². The van der Waals surface area contributed by atoms with E-state index in [1.54, 1.807) is 6.92 Å².